The maximum Gasteiger partial charge on any atom is 0.308 e. The molecule has 70 valence electrons. The summed E-state index contributed by atoms with van der Waals surface area (Å²) >= 11 is 0. The number of aliphatic carboxylic acids is 1. The second-order valence-electron chi connectivity index (χ2n) is 3.49. The third-order valence-electron chi connectivity index (χ3n) is 2.50. The Morgan fingerprint density at radius 2 is 2.08 bits per heavy atom. The summed E-state index contributed by atoms with van der Waals surface area (Å²) < 4.78 is 0. The Hall–Kier alpha value is -0.610. The summed E-state index contributed by atoms with van der Waals surface area (Å²) in [5, 5.41) is 8.82. The molecular weight excluding hydrogens is 156 g/mol. The van der Waals surface area contributed by atoms with Gasteiger partial charge in [-0.2, -0.15) is 0 Å². The van der Waals surface area contributed by atoms with E-state index in [0.717, 1.165) is 19.5 Å². The quantitative estimate of drug-likeness (QED) is 0.572. The predicted octanol–water partition coefficient (Wildman–Crippen LogP) is -0.260. The summed E-state index contributed by atoms with van der Waals surface area (Å²) in [5.41, 5.74) is 5.73. The second kappa shape index (κ2) is 3.87. The first-order chi connectivity index (χ1) is 5.61. The van der Waals surface area contributed by atoms with Crippen molar-refractivity contribution in [3.63, 3.8) is 0 Å². The Balaban J connectivity index is 2.56. The molecule has 3 N–H and O–H groups in total. The number of nitrogens with zero attached hydrogens (tertiary/aromatic N) is 1. The smallest absolute Gasteiger partial charge is 0.308 e. The highest BCUT2D eigenvalue weighted by Crippen LogP contribution is 2.15. The number of nitrogens with two attached hydrogens (primary N) is 1. The zero-order valence-electron chi connectivity index (χ0n) is 7.36. The molecular formula is C8H16N2O2. The van der Waals surface area contributed by atoms with Crippen LogP contribution in [0.4, 0.5) is 0 Å². The molecule has 4 heteroatoms. The van der Waals surface area contributed by atoms with E-state index in [4.69, 9.17) is 10.8 Å². The van der Waals surface area contributed by atoms with Gasteiger partial charge in [-0.05, 0) is 33.0 Å². The summed E-state index contributed by atoms with van der Waals surface area (Å²) in [6.45, 7) is 1.75. The first-order valence-corrected chi connectivity index (χ1v) is 4.28. The molecule has 4 nitrogen and oxygen atoms in total. The average molecular weight is 172 g/mol. The van der Waals surface area contributed by atoms with Crippen LogP contribution in [0.2, 0.25) is 0 Å². The molecule has 1 rings (SSSR count). The molecule has 0 saturated carbocycles. The van der Waals surface area contributed by atoms with E-state index in [9.17, 15) is 4.79 Å². The molecule has 1 aliphatic rings. The zero-order valence-corrected chi connectivity index (χ0v) is 7.36. The van der Waals surface area contributed by atoms with Gasteiger partial charge < -0.3 is 15.7 Å². The molecule has 0 bridgehead atoms. The maximum atomic E-state index is 10.7. The summed E-state index contributed by atoms with van der Waals surface area (Å²) in [4.78, 5) is 12.9. The minimum atomic E-state index is -0.752. The van der Waals surface area contributed by atoms with Crippen LogP contribution in [0.3, 0.4) is 0 Å². The second-order valence-corrected chi connectivity index (χ2v) is 3.49. The fourth-order valence-corrected chi connectivity index (χ4v) is 1.56. The van der Waals surface area contributed by atoms with Crippen LogP contribution in [0.25, 0.3) is 0 Å². The van der Waals surface area contributed by atoms with Gasteiger partial charge >= 0.3 is 5.97 Å². The Labute approximate surface area is 72.3 Å². The predicted molar refractivity (Wildman–Crippen MR) is 45.8 cm³/mol. The van der Waals surface area contributed by atoms with Gasteiger partial charge in [-0.3, -0.25) is 4.79 Å². The average Bonchev–Trinajstić information content (AvgIpc) is 2.14. The molecule has 2 unspecified atom stereocenters. The lowest BCUT2D eigenvalue weighted by Gasteiger charge is -2.15. The van der Waals surface area contributed by atoms with Crippen molar-refractivity contribution < 1.29 is 9.90 Å². The molecule has 0 amide bonds. The molecule has 1 aliphatic heterocycles. The van der Waals surface area contributed by atoms with Crippen molar-refractivity contribution in [1.29, 1.82) is 0 Å². The van der Waals surface area contributed by atoms with Gasteiger partial charge in [-0.1, -0.05) is 0 Å². The lowest BCUT2D eigenvalue weighted by atomic mass is 9.96. The zero-order chi connectivity index (χ0) is 9.14. The van der Waals surface area contributed by atoms with Crippen molar-refractivity contribution in [2.75, 3.05) is 20.1 Å². The Bertz CT molecular complexity index is 172. The van der Waals surface area contributed by atoms with E-state index < -0.39 is 5.97 Å². The van der Waals surface area contributed by atoms with Crippen LogP contribution in [-0.4, -0.2) is 42.2 Å². The molecule has 1 heterocycles. The van der Waals surface area contributed by atoms with Crippen LogP contribution in [0.15, 0.2) is 0 Å². The lowest BCUT2D eigenvalue weighted by Crippen LogP contribution is -2.35. The monoisotopic (exact) mass is 172 g/mol. The van der Waals surface area contributed by atoms with Gasteiger partial charge in [0.25, 0.3) is 0 Å². The van der Waals surface area contributed by atoms with Crippen LogP contribution in [0.5, 0.6) is 0 Å². The van der Waals surface area contributed by atoms with Crippen LogP contribution in [0, 0.1) is 5.92 Å². The molecule has 0 radical (unpaired) electrons. The van der Waals surface area contributed by atoms with Crippen molar-refractivity contribution in [1.82, 2.24) is 4.90 Å². The highest BCUT2D eigenvalue weighted by molar-refractivity contribution is 5.70. The topological polar surface area (TPSA) is 66.6 Å². The van der Waals surface area contributed by atoms with E-state index in [-0.39, 0.29) is 12.0 Å². The third-order valence-corrected chi connectivity index (χ3v) is 2.50. The number of carbonyl (C=O) groups is 1. The van der Waals surface area contributed by atoms with E-state index in [0.29, 0.717) is 6.42 Å². The molecule has 12 heavy (non-hydrogen) atoms. The van der Waals surface area contributed by atoms with E-state index in [1.807, 2.05) is 7.05 Å². The molecule has 0 spiro atoms. The van der Waals surface area contributed by atoms with Crippen molar-refractivity contribution in [3.8, 4) is 0 Å². The number of likely N-dealkylation sites (tertiary alicyclic amines) is 1. The van der Waals surface area contributed by atoms with E-state index >= 15 is 0 Å². The summed E-state index contributed by atoms with van der Waals surface area (Å²) in [6, 6.07) is -0.174. The van der Waals surface area contributed by atoms with Gasteiger partial charge in [0.15, 0.2) is 0 Å². The molecule has 1 fully saturated rings. The number of rotatable bonds is 1. The fraction of sp³-hybridized carbons (Fsp3) is 0.875. The first kappa shape index (κ1) is 9.48. The van der Waals surface area contributed by atoms with Gasteiger partial charge in [0.1, 0.15) is 0 Å². The van der Waals surface area contributed by atoms with Crippen molar-refractivity contribution in [2.24, 2.45) is 11.7 Å². The minimum absolute atomic E-state index is 0.174. The Morgan fingerprint density at radius 1 is 1.50 bits per heavy atom. The molecule has 1 saturated heterocycles. The minimum Gasteiger partial charge on any atom is -0.481 e. The van der Waals surface area contributed by atoms with E-state index in [2.05, 4.69) is 4.90 Å². The van der Waals surface area contributed by atoms with Gasteiger partial charge in [-0.15, -0.1) is 0 Å². The van der Waals surface area contributed by atoms with Crippen LogP contribution >= 0.6 is 0 Å². The van der Waals surface area contributed by atoms with Crippen LogP contribution in [-0.2, 0) is 4.79 Å². The van der Waals surface area contributed by atoms with Crippen molar-refractivity contribution >= 4 is 5.97 Å². The van der Waals surface area contributed by atoms with E-state index in [1.54, 1.807) is 0 Å². The first-order valence-electron chi connectivity index (χ1n) is 4.28. The normalized spacial score (nSPS) is 32.8. The lowest BCUT2D eigenvalue weighted by molar-refractivity contribution is -0.142. The number of hydrogen-bond acceptors (Lipinski definition) is 3. The Kier molecular flexibility index (Phi) is 3.05. The Morgan fingerprint density at radius 3 is 2.67 bits per heavy atom. The summed E-state index contributed by atoms with van der Waals surface area (Å²) in [6.07, 6.45) is 1.46. The number of carboxylic acid groups (broad SMARTS) is 1. The van der Waals surface area contributed by atoms with Gasteiger partial charge in [0.2, 0.25) is 0 Å². The maximum absolute atomic E-state index is 10.7. The molecule has 0 aromatic heterocycles. The highest BCUT2D eigenvalue weighted by atomic mass is 16.4. The highest BCUT2D eigenvalue weighted by Gasteiger charge is 2.27. The number of hydrogen-bond donors (Lipinski definition) is 2. The molecule has 2 atom stereocenters. The molecule has 0 aliphatic carbocycles. The summed E-state index contributed by atoms with van der Waals surface area (Å²) in [7, 11) is 2.00. The summed E-state index contributed by atoms with van der Waals surface area (Å²) in [5.74, 6) is -1.10. The standard InChI is InChI=1S/C8H16N2O2/c1-10-4-2-6(8(11)12)7(9)3-5-10/h6-7H,2-5,9H2,1H3,(H,11,12). The van der Waals surface area contributed by atoms with Crippen molar-refractivity contribution in [2.45, 2.75) is 18.9 Å². The van der Waals surface area contributed by atoms with E-state index in [1.165, 1.54) is 0 Å². The van der Waals surface area contributed by atoms with Crippen LogP contribution in [0.1, 0.15) is 12.8 Å². The third kappa shape index (κ3) is 2.19. The van der Waals surface area contributed by atoms with Gasteiger partial charge in [0.05, 0.1) is 5.92 Å². The SMILES string of the molecule is CN1CCC(N)C(C(=O)O)CC1. The number of carboxylic acids is 1. The van der Waals surface area contributed by atoms with Gasteiger partial charge in [-0.25, -0.2) is 0 Å². The van der Waals surface area contributed by atoms with Crippen molar-refractivity contribution in [3.05, 3.63) is 0 Å². The fourth-order valence-electron chi connectivity index (χ4n) is 1.56. The van der Waals surface area contributed by atoms with Crippen LogP contribution < -0.4 is 5.73 Å². The van der Waals surface area contributed by atoms with Gasteiger partial charge in [0, 0.05) is 6.04 Å². The largest absolute Gasteiger partial charge is 0.481 e. The molecule has 0 aromatic carbocycles. The molecule has 0 aromatic rings.